The monoisotopic (exact) mass is 323 g/mol. The van der Waals surface area contributed by atoms with E-state index < -0.39 is 0 Å². The lowest BCUT2D eigenvalue weighted by atomic mass is 10.0. The van der Waals surface area contributed by atoms with Gasteiger partial charge in [0.1, 0.15) is 12.4 Å². The molecular formula is C17H22ClNO3. The highest BCUT2D eigenvalue weighted by molar-refractivity contribution is 6.35. The molecule has 1 aromatic rings. The lowest BCUT2D eigenvalue weighted by Crippen LogP contribution is -2.38. The first kappa shape index (κ1) is 17.0. The van der Waals surface area contributed by atoms with Gasteiger partial charge in [-0.15, -0.1) is 0 Å². The second kappa shape index (κ2) is 8.32. The van der Waals surface area contributed by atoms with Gasteiger partial charge in [0.15, 0.2) is 5.78 Å². The molecule has 0 spiro atoms. The molecule has 0 N–H and O–H groups in total. The van der Waals surface area contributed by atoms with Gasteiger partial charge in [-0.1, -0.05) is 25.1 Å². The zero-order valence-corrected chi connectivity index (χ0v) is 13.7. The summed E-state index contributed by atoms with van der Waals surface area (Å²) in [5, 5.41) is 0.406. The van der Waals surface area contributed by atoms with E-state index >= 15 is 0 Å². The number of allylic oxidation sites excluding steroid dienone is 1. The number of hydrogen-bond acceptors (Lipinski definition) is 4. The number of ketones is 1. The minimum absolute atomic E-state index is 0.104. The molecule has 0 amide bonds. The van der Waals surface area contributed by atoms with Gasteiger partial charge in [-0.25, -0.2) is 0 Å². The van der Waals surface area contributed by atoms with Crippen molar-refractivity contribution in [3.63, 3.8) is 0 Å². The van der Waals surface area contributed by atoms with Crippen molar-refractivity contribution < 1.29 is 14.3 Å². The summed E-state index contributed by atoms with van der Waals surface area (Å²) in [5.41, 5.74) is 1.04. The van der Waals surface area contributed by atoms with Gasteiger partial charge in [0.2, 0.25) is 0 Å². The molecule has 1 aliphatic heterocycles. The molecule has 1 saturated heterocycles. The van der Waals surface area contributed by atoms with Crippen molar-refractivity contribution in [2.24, 2.45) is 0 Å². The third kappa shape index (κ3) is 4.57. The van der Waals surface area contributed by atoms with Gasteiger partial charge in [-0.05, 0) is 30.2 Å². The Kier molecular flexibility index (Phi) is 6.43. The van der Waals surface area contributed by atoms with Crippen molar-refractivity contribution in [3.8, 4) is 5.75 Å². The van der Waals surface area contributed by atoms with Crippen LogP contribution in [0.3, 0.4) is 0 Å². The van der Waals surface area contributed by atoms with Crippen LogP contribution in [-0.2, 0) is 4.74 Å². The minimum atomic E-state index is -0.104. The maximum Gasteiger partial charge on any atom is 0.189 e. The van der Waals surface area contributed by atoms with E-state index in [1.54, 1.807) is 18.2 Å². The number of nitrogens with zero attached hydrogens (tertiary/aromatic N) is 1. The molecule has 1 fully saturated rings. The Morgan fingerprint density at radius 3 is 2.77 bits per heavy atom. The first-order chi connectivity index (χ1) is 10.6. The molecule has 0 radical (unpaired) electrons. The SMILES string of the molecule is C=C(CC)C(=O)c1ccc(OCCN2CCOCC2)cc1Cl. The molecule has 2 rings (SSSR count). The average molecular weight is 324 g/mol. The van der Waals surface area contributed by atoms with Gasteiger partial charge in [0.25, 0.3) is 0 Å². The predicted molar refractivity (Wildman–Crippen MR) is 88.0 cm³/mol. The first-order valence-electron chi connectivity index (χ1n) is 7.56. The van der Waals surface area contributed by atoms with Crippen LogP contribution in [0.15, 0.2) is 30.4 Å². The van der Waals surface area contributed by atoms with E-state index in [2.05, 4.69) is 11.5 Å². The van der Waals surface area contributed by atoms with E-state index in [1.165, 1.54) is 0 Å². The predicted octanol–water partition coefficient (Wildman–Crippen LogP) is 3.20. The van der Waals surface area contributed by atoms with Gasteiger partial charge in [-0.2, -0.15) is 0 Å². The second-order valence-electron chi connectivity index (χ2n) is 5.23. The molecule has 22 heavy (non-hydrogen) atoms. The van der Waals surface area contributed by atoms with Gasteiger partial charge >= 0.3 is 0 Å². The molecule has 5 heteroatoms. The zero-order chi connectivity index (χ0) is 15.9. The number of rotatable bonds is 7. The van der Waals surface area contributed by atoms with Crippen LogP contribution in [0.5, 0.6) is 5.75 Å². The number of halogens is 1. The average Bonchev–Trinajstić information content (AvgIpc) is 2.54. The van der Waals surface area contributed by atoms with Gasteiger partial charge in [0, 0.05) is 25.2 Å². The Hall–Kier alpha value is -1.36. The number of ether oxygens (including phenoxy) is 2. The van der Waals surface area contributed by atoms with Crippen molar-refractivity contribution in [2.45, 2.75) is 13.3 Å². The number of carbonyl (C=O) groups excluding carboxylic acids is 1. The van der Waals surface area contributed by atoms with E-state index in [0.29, 0.717) is 34.9 Å². The third-order valence-corrected chi connectivity index (χ3v) is 4.03. The molecule has 0 saturated carbocycles. The summed E-state index contributed by atoms with van der Waals surface area (Å²) in [6.07, 6.45) is 0.618. The van der Waals surface area contributed by atoms with E-state index in [1.807, 2.05) is 6.92 Å². The molecule has 0 aromatic heterocycles. The fourth-order valence-electron chi connectivity index (χ4n) is 2.24. The van der Waals surface area contributed by atoms with Gasteiger partial charge in [0.05, 0.1) is 18.2 Å². The Labute approximate surface area is 136 Å². The molecule has 4 nitrogen and oxygen atoms in total. The zero-order valence-electron chi connectivity index (χ0n) is 12.9. The van der Waals surface area contributed by atoms with Crippen LogP contribution in [0.2, 0.25) is 5.02 Å². The highest BCUT2D eigenvalue weighted by Crippen LogP contribution is 2.25. The molecule has 0 bridgehead atoms. The fourth-order valence-corrected chi connectivity index (χ4v) is 2.49. The van der Waals surface area contributed by atoms with E-state index in [9.17, 15) is 4.79 Å². The minimum Gasteiger partial charge on any atom is -0.492 e. The molecular weight excluding hydrogens is 302 g/mol. The van der Waals surface area contributed by atoms with Crippen LogP contribution in [-0.4, -0.2) is 50.1 Å². The summed E-state index contributed by atoms with van der Waals surface area (Å²) >= 11 is 6.18. The Bertz CT molecular complexity index is 539. The molecule has 1 aromatic carbocycles. The van der Waals surface area contributed by atoms with Gasteiger partial charge < -0.3 is 9.47 Å². The standard InChI is InChI=1S/C17H22ClNO3/c1-3-13(2)17(20)15-5-4-14(12-16(15)18)22-11-8-19-6-9-21-10-7-19/h4-5,12H,2-3,6-11H2,1H3. The van der Waals surface area contributed by atoms with Crippen LogP contribution in [0.1, 0.15) is 23.7 Å². The van der Waals surface area contributed by atoms with Crippen molar-refractivity contribution in [2.75, 3.05) is 39.5 Å². The van der Waals surface area contributed by atoms with E-state index in [4.69, 9.17) is 21.1 Å². The summed E-state index contributed by atoms with van der Waals surface area (Å²) in [5.74, 6) is 0.573. The van der Waals surface area contributed by atoms with Crippen molar-refractivity contribution in [1.82, 2.24) is 4.90 Å². The summed E-state index contributed by atoms with van der Waals surface area (Å²) in [7, 11) is 0. The van der Waals surface area contributed by atoms with Crippen LogP contribution >= 0.6 is 11.6 Å². The molecule has 0 aliphatic carbocycles. The quantitative estimate of drug-likeness (QED) is 0.570. The van der Waals surface area contributed by atoms with Crippen LogP contribution < -0.4 is 4.74 Å². The maximum atomic E-state index is 12.1. The number of morpholine rings is 1. The summed E-state index contributed by atoms with van der Waals surface area (Å²) in [4.78, 5) is 14.4. The first-order valence-corrected chi connectivity index (χ1v) is 7.94. The van der Waals surface area contributed by atoms with Crippen molar-refractivity contribution in [3.05, 3.63) is 40.9 Å². The topological polar surface area (TPSA) is 38.8 Å². The lowest BCUT2D eigenvalue weighted by Gasteiger charge is -2.26. The van der Waals surface area contributed by atoms with Crippen LogP contribution in [0, 0.1) is 0 Å². The maximum absolute atomic E-state index is 12.1. The van der Waals surface area contributed by atoms with Gasteiger partial charge in [-0.3, -0.25) is 9.69 Å². The number of Topliss-reactive ketones (excluding diaryl/α,β-unsaturated/α-hetero) is 1. The highest BCUT2D eigenvalue weighted by atomic mass is 35.5. The molecule has 1 aliphatic rings. The Balaban J connectivity index is 1.89. The number of carbonyl (C=O) groups is 1. The molecule has 1 heterocycles. The number of hydrogen-bond donors (Lipinski definition) is 0. The fraction of sp³-hybridized carbons (Fsp3) is 0.471. The molecule has 0 atom stereocenters. The number of benzene rings is 1. The summed E-state index contributed by atoms with van der Waals surface area (Å²) < 4.78 is 11.0. The summed E-state index contributed by atoms with van der Waals surface area (Å²) in [6, 6.07) is 5.17. The lowest BCUT2D eigenvalue weighted by molar-refractivity contribution is 0.0322. The Morgan fingerprint density at radius 2 is 2.14 bits per heavy atom. The van der Waals surface area contributed by atoms with Crippen molar-refractivity contribution >= 4 is 17.4 Å². The molecule has 120 valence electrons. The largest absolute Gasteiger partial charge is 0.492 e. The second-order valence-corrected chi connectivity index (χ2v) is 5.64. The van der Waals surface area contributed by atoms with E-state index in [-0.39, 0.29) is 5.78 Å². The molecule has 0 unspecified atom stereocenters. The normalized spacial score (nSPS) is 15.5. The summed E-state index contributed by atoms with van der Waals surface area (Å²) in [6.45, 7) is 10.5. The Morgan fingerprint density at radius 1 is 1.41 bits per heavy atom. The van der Waals surface area contributed by atoms with Crippen LogP contribution in [0.4, 0.5) is 0 Å². The smallest absolute Gasteiger partial charge is 0.189 e. The third-order valence-electron chi connectivity index (χ3n) is 3.71. The van der Waals surface area contributed by atoms with E-state index in [0.717, 1.165) is 32.8 Å². The van der Waals surface area contributed by atoms with Crippen LogP contribution in [0.25, 0.3) is 0 Å². The highest BCUT2D eigenvalue weighted by Gasteiger charge is 2.14. The van der Waals surface area contributed by atoms with Crippen molar-refractivity contribution in [1.29, 1.82) is 0 Å².